The van der Waals surface area contributed by atoms with E-state index in [1.807, 2.05) is 12.1 Å². The summed E-state index contributed by atoms with van der Waals surface area (Å²) in [4.78, 5) is 11.2. The number of anilines is 1. The molecule has 0 amide bonds. The Balaban J connectivity index is 1.44. The maximum Gasteiger partial charge on any atom is 0.152 e. The third-order valence-electron chi connectivity index (χ3n) is 6.98. The third-order valence-corrected chi connectivity index (χ3v) is 7.23. The molecule has 1 unspecified atom stereocenters. The Morgan fingerprint density at radius 2 is 1.88 bits per heavy atom. The van der Waals surface area contributed by atoms with Gasteiger partial charge in [0.05, 0.1) is 18.3 Å². The van der Waals surface area contributed by atoms with E-state index < -0.39 is 6.10 Å². The molecule has 174 valence electrons. The molecular formula is C25H31ClN6O. The fraction of sp³-hybridized carbons (Fsp3) is 0.520. The highest BCUT2D eigenvalue weighted by atomic mass is 35.5. The average molecular weight is 467 g/mol. The van der Waals surface area contributed by atoms with Crippen molar-refractivity contribution in [1.82, 2.24) is 24.7 Å². The molecule has 2 aliphatic rings. The number of halogens is 1. The zero-order valence-electron chi connectivity index (χ0n) is 19.4. The van der Waals surface area contributed by atoms with Crippen LogP contribution in [0.4, 0.5) is 5.82 Å². The van der Waals surface area contributed by atoms with Crippen molar-refractivity contribution in [2.45, 2.75) is 71.1 Å². The highest BCUT2D eigenvalue weighted by Crippen LogP contribution is 2.43. The largest absolute Gasteiger partial charge is 0.387 e. The number of fused-ring (bicyclic) bond motifs is 2. The van der Waals surface area contributed by atoms with E-state index in [1.165, 1.54) is 5.56 Å². The first-order valence-electron chi connectivity index (χ1n) is 11.9. The zero-order valence-corrected chi connectivity index (χ0v) is 20.2. The molecule has 1 N–H and O–H groups in total. The lowest BCUT2D eigenvalue weighted by atomic mass is 9.90. The fourth-order valence-electron chi connectivity index (χ4n) is 5.21. The lowest BCUT2D eigenvalue weighted by Crippen LogP contribution is -2.36. The Morgan fingerprint density at radius 1 is 1.09 bits per heavy atom. The Bertz CT molecular complexity index is 1130. The molecule has 0 fully saturated rings. The van der Waals surface area contributed by atoms with Crippen LogP contribution >= 0.6 is 11.6 Å². The second kappa shape index (κ2) is 9.03. The third kappa shape index (κ3) is 4.24. The summed E-state index contributed by atoms with van der Waals surface area (Å²) in [7, 11) is 0. The average Bonchev–Trinajstić information content (AvgIpc) is 3.35. The summed E-state index contributed by atoms with van der Waals surface area (Å²) >= 11 is 6.15. The molecule has 0 saturated heterocycles. The minimum Gasteiger partial charge on any atom is -0.387 e. The SMILES string of the molecule is CC(C)CCC(c1ccc(Cl)cc1)c1nnc2n1CCN(c1ncnc3c1[C@H](C)C[C@H]3O)C2. The quantitative estimate of drug-likeness (QED) is 0.559. The van der Waals surface area contributed by atoms with Gasteiger partial charge in [-0.15, -0.1) is 10.2 Å². The van der Waals surface area contributed by atoms with Gasteiger partial charge in [-0.1, -0.05) is 44.5 Å². The van der Waals surface area contributed by atoms with Gasteiger partial charge in [-0.2, -0.15) is 0 Å². The molecule has 1 aromatic carbocycles. The van der Waals surface area contributed by atoms with E-state index in [2.05, 4.69) is 62.5 Å². The molecule has 8 heteroatoms. The van der Waals surface area contributed by atoms with Crippen LogP contribution in [0.3, 0.4) is 0 Å². The number of hydrogen-bond donors (Lipinski definition) is 1. The number of aliphatic hydroxyl groups is 1. The molecule has 7 nitrogen and oxygen atoms in total. The molecule has 0 spiro atoms. The van der Waals surface area contributed by atoms with Gasteiger partial charge in [0.25, 0.3) is 0 Å². The maximum atomic E-state index is 10.4. The molecule has 33 heavy (non-hydrogen) atoms. The van der Waals surface area contributed by atoms with Crippen LogP contribution in [0, 0.1) is 5.92 Å². The molecule has 1 aliphatic heterocycles. The first-order chi connectivity index (χ1) is 15.9. The van der Waals surface area contributed by atoms with Gasteiger partial charge in [0.1, 0.15) is 18.0 Å². The second-order valence-electron chi connectivity index (χ2n) is 9.77. The predicted molar refractivity (Wildman–Crippen MR) is 128 cm³/mol. The minimum absolute atomic E-state index is 0.191. The zero-order chi connectivity index (χ0) is 23.1. The summed E-state index contributed by atoms with van der Waals surface area (Å²) in [5, 5.41) is 20.4. The molecule has 0 saturated carbocycles. The van der Waals surface area contributed by atoms with E-state index in [1.54, 1.807) is 6.33 Å². The monoisotopic (exact) mass is 466 g/mol. The fourth-order valence-corrected chi connectivity index (χ4v) is 5.34. The van der Waals surface area contributed by atoms with Crippen molar-refractivity contribution >= 4 is 17.4 Å². The summed E-state index contributed by atoms with van der Waals surface area (Å²) in [6.45, 7) is 8.93. The predicted octanol–water partition coefficient (Wildman–Crippen LogP) is 4.85. The van der Waals surface area contributed by atoms with Gasteiger partial charge in [-0.25, -0.2) is 9.97 Å². The second-order valence-corrected chi connectivity index (χ2v) is 10.2. The van der Waals surface area contributed by atoms with Crippen molar-refractivity contribution < 1.29 is 5.11 Å². The molecule has 0 radical (unpaired) electrons. The Labute approximate surface area is 199 Å². The molecular weight excluding hydrogens is 436 g/mol. The van der Waals surface area contributed by atoms with Crippen molar-refractivity contribution in [3.63, 3.8) is 0 Å². The highest BCUT2D eigenvalue weighted by molar-refractivity contribution is 6.30. The van der Waals surface area contributed by atoms with E-state index in [9.17, 15) is 5.11 Å². The van der Waals surface area contributed by atoms with Gasteiger partial charge in [0, 0.05) is 29.6 Å². The molecule has 1 aliphatic carbocycles. The van der Waals surface area contributed by atoms with Crippen molar-refractivity contribution in [3.8, 4) is 0 Å². The van der Waals surface area contributed by atoms with E-state index in [-0.39, 0.29) is 11.8 Å². The summed E-state index contributed by atoms with van der Waals surface area (Å²) in [6, 6.07) is 8.14. The minimum atomic E-state index is -0.502. The van der Waals surface area contributed by atoms with Gasteiger partial charge in [0.15, 0.2) is 5.82 Å². The molecule has 3 atom stereocenters. The Kier molecular flexibility index (Phi) is 6.10. The van der Waals surface area contributed by atoms with Crippen LogP contribution in [0.1, 0.15) is 86.4 Å². The maximum absolute atomic E-state index is 10.4. The van der Waals surface area contributed by atoms with E-state index in [0.29, 0.717) is 18.9 Å². The van der Waals surface area contributed by atoms with E-state index >= 15 is 0 Å². The van der Waals surface area contributed by atoms with Gasteiger partial charge in [-0.3, -0.25) is 0 Å². The lowest BCUT2D eigenvalue weighted by Gasteiger charge is -2.31. The number of nitrogens with zero attached hydrogens (tertiary/aromatic N) is 6. The molecule has 0 bridgehead atoms. The normalized spacial score (nSPS) is 20.7. The van der Waals surface area contributed by atoms with Gasteiger partial charge in [0.2, 0.25) is 0 Å². The summed E-state index contributed by atoms with van der Waals surface area (Å²) < 4.78 is 2.29. The van der Waals surface area contributed by atoms with Crippen molar-refractivity contribution in [2.75, 3.05) is 11.4 Å². The van der Waals surface area contributed by atoms with E-state index in [4.69, 9.17) is 11.6 Å². The Morgan fingerprint density at radius 3 is 2.64 bits per heavy atom. The van der Waals surface area contributed by atoms with E-state index in [0.717, 1.165) is 59.7 Å². The van der Waals surface area contributed by atoms with Gasteiger partial charge < -0.3 is 14.6 Å². The number of aliphatic hydroxyl groups excluding tert-OH is 1. The van der Waals surface area contributed by atoms with Gasteiger partial charge >= 0.3 is 0 Å². The molecule has 3 aromatic rings. The van der Waals surface area contributed by atoms with Crippen LogP contribution in [0.5, 0.6) is 0 Å². The van der Waals surface area contributed by atoms with Crippen molar-refractivity contribution in [1.29, 1.82) is 0 Å². The van der Waals surface area contributed by atoms with Crippen LogP contribution in [0.25, 0.3) is 0 Å². The number of benzene rings is 1. The summed E-state index contributed by atoms with van der Waals surface area (Å²) in [5.74, 6) is 3.97. The van der Waals surface area contributed by atoms with Crippen LogP contribution in [-0.4, -0.2) is 36.4 Å². The van der Waals surface area contributed by atoms with Crippen molar-refractivity contribution in [2.24, 2.45) is 5.92 Å². The number of rotatable bonds is 6. The van der Waals surface area contributed by atoms with Gasteiger partial charge in [-0.05, 0) is 48.8 Å². The van der Waals surface area contributed by atoms with Crippen LogP contribution in [-0.2, 0) is 13.1 Å². The van der Waals surface area contributed by atoms with Crippen molar-refractivity contribution in [3.05, 3.63) is 64.1 Å². The molecule has 3 heterocycles. The lowest BCUT2D eigenvalue weighted by molar-refractivity contribution is 0.170. The smallest absolute Gasteiger partial charge is 0.152 e. The first-order valence-corrected chi connectivity index (χ1v) is 12.3. The standard InChI is InChI=1S/C25H31ClN6O/c1-15(2)4-9-19(17-5-7-18(26)8-6-17)24-30-29-21-13-31(10-11-32(21)24)25-22-16(3)12-20(33)23(22)27-14-28-25/h5-8,14-16,19-20,33H,4,9-13H2,1-3H3/t16-,19?,20-/m1/s1. The summed E-state index contributed by atoms with van der Waals surface area (Å²) in [6.07, 6.45) is 3.92. The van der Waals surface area contributed by atoms with Crippen LogP contribution < -0.4 is 4.90 Å². The molecule has 5 rings (SSSR count). The van der Waals surface area contributed by atoms with Crippen LogP contribution in [0.15, 0.2) is 30.6 Å². The Hall–Kier alpha value is -2.51. The summed E-state index contributed by atoms with van der Waals surface area (Å²) in [5.41, 5.74) is 3.08. The number of aromatic nitrogens is 5. The topological polar surface area (TPSA) is 80.0 Å². The van der Waals surface area contributed by atoms with Crippen LogP contribution in [0.2, 0.25) is 5.02 Å². The number of hydrogen-bond acceptors (Lipinski definition) is 6. The molecule has 2 aromatic heterocycles. The highest BCUT2D eigenvalue weighted by Gasteiger charge is 2.34. The first kappa shape index (κ1) is 22.3.